The number of amides is 2. The van der Waals surface area contributed by atoms with E-state index >= 15 is 0 Å². The fraction of sp³-hybridized carbons (Fsp3) is 0.529. The average molecular weight is 317 g/mol. The molecule has 124 valence electrons. The van der Waals surface area contributed by atoms with E-state index in [2.05, 4.69) is 0 Å². The molecule has 0 aliphatic carbocycles. The van der Waals surface area contributed by atoms with Gasteiger partial charge in [0.25, 0.3) is 0 Å². The number of fused-ring (bicyclic) bond motifs is 1. The second-order valence-corrected chi connectivity index (χ2v) is 6.17. The van der Waals surface area contributed by atoms with Crippen LogP contribution in [0, 0.1) is 5.92 Å². The lowest BCUT2D eigenvalue weighted by Gasteiger charge is -2.32. The molecule has 1 atom stereocenters. The molecule has 6 heteroatoms. The molecule has 6 nitrogen and oxygen atoms in total. The summed E-state index contributed by atoms with van der Waals surface area (Å²) >= 11 is 0. The Hall–Kier alpha value is -2.08. The summed E-state index contributed by atoms with van der Waals surface area (Å²) in [6, 6.07) is 5.70. The summed E-state index contributed by atoms with van der Waals surface area (Å²) in [6.07, 6.45) is 2.09. The van der Waals surface area contributed by atoms with Gasteiger partial charge in [-0.05, 0) is 30.5 Å². The maximum atomic E-state index is 12.9. The molecule has 1 unspecified atom stereocenters. The highest BCUT2D eigenvalue weighted by atomic mass is 16.5. The summed E-state index contributed by atoms with van der Waals surface area (Å²) in [5.41, 5.74) is 8.74. The van der Waals surface area contributed by atoms with Crippen molar-refractivity contribution >= 4 is 23.2 Å². The van der Waals surface area contributed by atoms with E-state index in [0.29, 0.717) is 26.2 Å². The molecule has 2 heterocycles. The monoisotopic (exact) mass is 317 g/mol. The van der Waals surface area contributed by atoms with Gasteiger partial charge in [0.05, 0.1) is 12.5 Å². The van der Waals surface area contributed by atoms with Gasteiger partial charge >= 0.3 is 0 Å². The molecular weight excluding hydrogens is 294 g/mol. The van der Waals surface area contributed by atoms with Gasteiger partial charge in [0.15, 0.2) is 0 Å². The Morgan fingerprint density at radius 2 is 2.26 bits per heavy atom. The number of hydrogen-bond acceptors (Lipinski definition) is 4. The van der Waals surface area contributed by atoms with Gasteiger partial charge in [0.2, 0.25) is 11.8 Å². The van der Waals surface area contributed by atoms with Gasteiger partial charge in [-0.1, -0.05) is 6.07 Å². The fourth-order valence-electron chi connectivity index (χ4n) is 3.46. The highest BCUT2D eigenvalue weighted by molar-refractivity contribution is 6.00. The lowest BCUT2D eigenvalue weighted by atomic mass is 9.97. The average Bonchev–Trinajstić information content (AvgIpc) is 2.93. The lowest BCUT2D eigenvalue weighted by molar-refractivity contribution is -0.128. The molecule has 2 N–H and O–H groups in total. The van der Waals surface area contributed by atoms with Crippen molar-refractivity contribution in [1.82, 2.24) is 4.90 Å². The molecule has 2 aliphatic rings. The van der Waals surface area contributed by atoms with Crippen LogP contribution in [-0.4, -0.2) is 50.1 Å². The summed E-state index contributed by atoms with van der Waals surface area (Å²) in [7, 11) is 1.61. The van der Waals surface area contributed by atoms with Crippen molar-refractivity contribution in [3.8, 4) is 0 Å². The molecule has 0 saturated carbocycles. The summed E-state index contributed by atoms with van der Waals surface area (Å²) in [6.45, 7) is 2.21. The first-order chi connectivity index (χ1) is 11.1. The Kier molecular flexibility index (Phi) is 4.52. The molecule has 0 radical (unpaired) electrons. The van der Waals surface area contributed by atoms with E-state index in [4.69, 9.17) is 10.5 Å². The van der Waals surface area contributed by atoms with Crippen LogP contribution in [0.5, 0.6) is 0 Å². The number of benzene rings is 1. The van der Waals surface area contributed by atoms with Gasteiger partial charge in [-0.25, -0.2) is 0 Å². The zero-order chi connectivity index (χ0) is 16.4. The number of nitrogen functional groups attached to an aromatic ring is 1. The molecule has 1 aromatic rings. The molecule has 0 aromatic heterocycles. The quantitative estimate of drug-likeness (QED) is 0.842. The van der Waals surface area contributed by atoms with Gasteiger partial charge in [-0.15, -0.1) is 0 Å². The minimum Gasteiger partial charge on any atom is -0.398 e. The van der Waals surface area contributed by atoms with Crippen LogP contribution >= 0.6 is 0 Å². The fourth-order valence-corrected chi connectivity index (χ4v) is 3.46. The lowest BCUT2D eigenvalue weighted by Crippen LogP contribution is -2.41. The van der Waals surface area contributed by atoms with Gasteiger partial charge < -0.3 is 20.3 Å². The number of carbonyl (C=O) groups excluding carboxylic acids is 2. The van der Waals surface area contributed by atoms with Crippen molar-refractivity contribution in [1.29, 1.82) is 0 Å². The molecule has 1 saturated heterocycles. The van der Waals surface area contributed by atoms with Crippen LogP contribution in [0.1, 0.15) is 18.4 Å². The number of rotatable bonds is 4. The van der Waals surface area contributed by atoms with E-state index in [1.165, 1.54) is 0 Å². The molecule has 2 aliphatic heterocycles. The Morgan fingerprint density at radius 1 is 1.43 bits per heavy atom. The molecule has 2 amide bonds. The summed E-state index contributed by atoms with van der Waals surface area (Å²) in [4.78, 5) is 28.5. The van der Waals surface area contributed by atoms with Crippen molar-refractivity contribution in [2.24, 2.45) is 5.92 Å². The third kappa shape index (κ3) is 3.03. The number of likely N-dealkylation sites (tertiary alicyclic amines) is 1. The third-order valence-corrected chi connectivity index (χ3v) is 4.68. The Balaban J connectivity index is 1.75. The summed E-state index contributed by atoms with van der Waals surface area (Å²) in [5.74, 6) is -0.207. The van der Waals surface area contributed by atoms with E-state index in [1.54, 1.807) is 12.0 Å². The Bertz CT molecular complexity index is 617. The molecule has 0 bridgehead atoms. The standard InChI is InChI=1S/C17H23N3O3/c1-23-9-8-19-11-12(10-16(19)21)17(22)20-7-3-4-13-14(18)5-2-6-15(13)20/h2,5-6,12H,3-4,7-11,18H2,1H3. The van der Waals surface area contributed by atoms with Crippen LogP contribution in [0.3, 0.4) is 0 Å². The van der Waals surface area contributed by atoms with Gasteiger partial charge in [0, 0.05) is 44.5 Å². The predicted molar refractivity (Wildman–Crippen MR) is 88.1 cm³/mol. The molecule has 23 heavy (non-hydrogen) atoms. The topological polar surface area (TPSA) is 75.9 Å². The van der Waals surface area contributed by atoms with Crippen LogP contribution in [0.15, 0.2) is 18.2 Å². The highest BCUT2D eigenvalue weighted by Gasteiger charge is 2.37. The van der Waals surface area contributed by atoms with E-state index in [0.717, 1.165) is 29.8 Å². The minimum absolute atomic E-state index is 0.0322. The number of ether oxygens (including phenoxy) is 1. The van der Waals surface area contributed by atoms with Gasteiger partial charge in [-0.3, -0.25) is 9.59 Å². The van der Waals surface area contributed by atoms with E-state index in [1.807, 2.05) is 23.1 Å². The maximum absolute atomic E-state index is 12.9. The first kappa shape index (κ1) is 15.8. The van der Waals surface area contributed by atoms with Crippen LogP contribution in [0.25, 0.3) is 0 Å². The number of carbonyl (C=O) groups is 2. The zero-order valence-corrected chi connectivity index (χ0v) is 13.5. The van der Waals surface area contributed by atoms with Gasteiger partial charge in [0.1, 0.15) is 0 Å². The molecular formula is C17H23N3O3. The van der Waals surface area contributed by atoms with Crippen molar-refractivity contribution in [2.75, 3.05) is 44.0 Å². The van der Waals surface area contributed by atoms with Crippen molar-refractivity contribution in [2.45, 2.75) is 19.3 Å². The van der Waals surface area contributed by atoms with E-state index in [9.17, 15) is 9.59 Å². The van der Waals surface area contributed by atoms with Crippen LogP contribution in [0.2, 0.25) is 0 Å². The van der Waals surface area contributed by atoms with Crippen molar-refractivity contribution in [3.05, 3.63) is 23.8 Å². The van der Waals surface area contributed by atoms with Crippen LogP contribution in [0.4, 0.5) is 11.4 Å². The number of hydrogen-bond donors (Lipinski definition) is 1. The second kappa shape index (κ2) is 6.58. The number of nitrogens with zero attached hydrogens (tertiary/aromatic N) is 2. The van der Waals surface area contributed by atoms with Crippen LogP contribution < -0.4 is 10.6 Å². The largest absolute Gasteiger partial charge is 0.398 e. The second-order valence-electron chi connectivity index (χ2n) is 6.17. The molecule has 3 rings (SSSR count). The number of methoxy groups -OCH3 is 1. The first-order valence-corrected chi connectivity index (χ1v) is 8.07. The SMILES string of the molecule is COCCN1CC(C(=O)N2CCCc3c(N)cccc32)CC1=O. The smallest absolute Gasteiger partial charge is 0.232 e. The van der Waals surface area contributed by atoms with E-state index in [-0.39, 0.29) is 24.2 Å². The molecule has 1 aromatic carbocycles. The van der Waals surface area contributed by atoms with Gasteiger partial charge in [-0.2, -0.15) is 0 Å². The Labute approximate surface area is 136 Å². The highest BCUT2D eigenvalue weighted by Crippen LogP contribution is 2.33. The summed E-state index contributed by atoms with van der Waals surface area (Å²) in [5, 5.41) is 0. The van der Waals surface area contributed by atoms with Crippen molar-refractivity contribution < 1.29 is 14.3 Å². The third-order valence-electron chi connectivity index (χ3n) is 4.68. The van der Waals surface area contributed by atoms with Crippen molar-refractivity contribution in [3.63, 3.8) is 0 Å². The minimum atomic E-state index is -0.272. The van der Waals surface area contributed by atoms with Crippen LogP contribution in [-0.2, 0) is 20.7 Å². The normalized spacial score (nSPS) is 20.7. The summed E-state index contributed by atoms with van der Waals surface area (Å²) < 4.78 is 5.02. The first-order valence-electron chi connectivity index (χ1n) is 8.07. The maximum Gasteiger partial charge on any atom is 0.232 e. The van der Waals surface area contributed by atoms with E-state index < -0.39 is 0 Å². The Morgan fingerprint density at radius 3 is 3.04 bits per heavy atom. The molecule has 0 spiro atoms. The molecule has 1 fully saturated rings. The predicted octanol–water partition coefficient (Wildman–Crippen LogP) is 1.04. The zero-order valence-electron chi connectivity index (χ0n) is 13.5. The number of nitrogens with two attached hydrogens (primary N) is 1. The number of anilines is 2.